The summed E-state index contributed by atoms with van der Waals surface area (Å²) in [5.74, 6) is -0.180. The molecule has 2 rings (SSSR count). The molecule has 102 valence electrons. The first-order valence-electron chi connectivity index (χ1n) is 6.28. The summed E-state index contributed by atoms with van der Waals surface area (Å²) in [6.45, 7) is 3.08. The maximum absolute atomic E-state index is 13.6. The van der Waals surface area contributed by atoms with Crippen LogP contribution in [0.3, 0.4) is 0 Å². The molecule has 1 aromatic carbocycles. The molecule has 0 atom stereocenters. The number of anilines is 1. The van der Waals surface area contributed by atoms with E-state index in [2.05, 4.69) is 11.9 Å². The lowest BCUT2D eigenvalue weighted by atomic mass is 10.2. The fourth-order valence-electron chi connectivity index (χ4n) is 1.92. The Morgan fingerprint density at radius 3 is 2.68 bits per heavy atom. The molecule has 2 N–H and O–H groups in total. The SMILES string of the molecule is CCc1nc(N(C)Cc2ccccc2F)sc1CN. The molecule has 5 heteroatoms. The summed E-state index contributed by atoms with van der Waals surface area (Å²) in [6.07, 6.45) is 0.872. The van der Waals surface area contributed by atoms with Gasteiger partial charge in [-0.2, -0.15) is 0 Å². The molecule has 0 fully saturated rings. The first-order chi connectivity index (χ1) is 9.15. The number of rotatable bonds is 5. The minimum atomic E-state index is -0.180. The summed E-state index contributed by atoms with van der Waals surface area (Å²) < 4.78 is 13.6. The highest BCUT2D eigenvalue weighted by molar-refractivity contribution is 7.15. The number of benzene rings is 1. The number of aryl methyl sites for hydroxylation is 1. The number of aromatic nitrogens is 1. The zero-order chi connectivity index (χ0) is 13.8. The minimum absolute atomic E-state index is 0.180. The van der Waals surface area contributed by atoms with E-state index < -0.39 is 0 Å². The van der Waals surface area contributed by atoms with E-state index in [1.54, 1.807) is 23.5 Å². The monoisotopic (exact) mass is 279 g/mol. The molecule has 0 radical (unpaired) electrons. The molecule has 19 heavy (non-hydrogen) atoms. The van der Waals surface area contributed by atoms with Gasteiger partial charge in [-0.15, -0.1) is 11.3 Å². The van der Waals surface area contributed by atoms with Crippen LogP contribution in [0.2, 0.25) is 0 Å². The van der Waals surface area contributed by atoms with E-state index in [0.29, 0.717) is 18.7 Å². The third kappa shape index (κ3) is 3.11. The van der Waals surface area contributed by atoms with Crippen molar-refractivity contribution in [2.75, 3.05) is 11.9 Å². The molecule has 0 aliphatic rings. The van der Waals surface area contributed by atoms with Crippen molar-refractivity contribution in [3.63, 3.8) is 0 Å². The number of hydrogen-bond acceptors (Lipinski definition) is 4. The Labute approximate surface area is 116 Å². The maximum atomic E-state index is 13.6. The minimum Gasteiger partial charge on any atom is -0.347 e. The van der Waals surface area contributed by atoms with Crippen molar-refractivity contribution in [3.05, 3.63) is 46.2 Å². The lowest BCUT2D eigenvalue weighted by Crippen LogP contribution is -2.17. The van der Waals surface area contributed by atoms with Gasteiger partial charge in [0.1, 0.15) is 5.82 Å². The Morgan fingerprint density at radius 2 is 2.11 bits per heavy atom. The third-order valence-electron chi connectivity index (χ3n) is 2.98. The summed E-state index contributed by atoms with van der Waals surface area (Å²) in [6, 6.07) is 6.82. The van der Waals surface area contributed by atoms with Crippen LogP contribution in [-0.4, -0.2) is 12.0 Å². The Kier molecular flexibility index (Phi) is 4.50. The van der Waals surface area contributed by atoms with Crippen molar-refractivity contribution in [2.24, 2.45) is 5.73 Å². The molecule has 0 amide bonds. The predicted molar refractivity (Wildman–Crippen MR) is 77.9 cm³/mol. The van der Waals surface area contributed by atoms with Gasteiger partial charge >= 0.3 is 0 Å². The molecular weight excluding hydrogens is 261 g/mol. The van der Waals surface area contributed by atoms with Crippen molar-refractivity contribution >= 4 is 16.5 Å². The van der Waals surface area contributed by atoms with Gasteiger partial charge in [0.05, 0.1) is 5.69 Å². The predicted octanol–water partition coefficient (Wildman–Crippen LogP) is 2.94. The van der Waals surface area contributed by atoms with Crippen LogP contribution in [0.25, 0.3) is 0 Å². The number of hydrogen-bond donors (Lipinski definition) is 1. The molecule has 3 nitrogen and oxygen atoms in total. The fraction of sp³-hybridized carbons (Fsp3) is 0.357. The van der Waals surface area contributed by atoms with Gasteiger partial charge < -0.3 is 10.6 Å². The average molecular weight is 279 g/mol. The van der Waals surface area contributed by atoms with Gasteiger partial charge in [0, 0.05) is 30.6 Å². The molecule has 0 saturated carbocycles. The van der Waals surface area contributed by atoms with Crippen molar-refractivity contribution < 1.29 is 4.39 Å². The standard InChI is InChI=1S/C14H18FN3S/c1-3-12-13(8-16)19-14(17-12)18(2)9-10-6-4-5-7-11(10)15/h4-7H,3,8-9,16H2,1-2H3. The van der Waals surface area contributed by atoms with Gasteiger partial charge in [0.25, 0.3) is 0 Å². The van der Waals surface area contributed by atoms with Crippen LogP contribution < -0.4 is 10.6 Å². The molecule has 0 spiro atoms. The topological polar surface area (TPSA) is 42.2 Å². The zero-order valence-corrected chi connectivity index (χ0v) is 12.0. The molecular formula is C14H18FN3S. The van der Waals surface area contributed by atoms with Crippen LogP contribution in [0.1, 0.15) is 23.1 Å². The van der Waals surface area contributed by atoms with Gasteiger partial charge in [0.15, 0.2) is 5.13 Å². The molecule has 1 aromatic heterocycles. The van der Waals surface area contributed by atoms with E-state index in [1.807, 2.05) is 18.0 Å². The summed E-state index contributed by atoms with van der Waals surface area (Å²) in [5, 5.41) is 0.889. The van der Waals surface area contributed by atoms with E-state index in [0.717, 1.165) is 22.1 Å². The lowest BCUT2D eigenvalue weighted by Gasteiger charge is -2.16. The van der Waals surface area contributed by atoms with Crippen LogP contribution in [0.5, 0.6) is 0 Å². The van der Waals surface area contributed by atoms with E-state index in [9.17, 15) is 4.39 Å². The zero-order valence-electron chi connectivity index (χ0n) is 11.2. The number of nitrogens with zero attached hydrogens (tertiary/aromatic N) is 2. The van der Waals surface area contributed by atoms with Crippen molar-refractivity contribution in [2.45, 2.75) is 26.4 Å². The maximum Gasteiger partial charge on any atom is 0.185 e. The van der Waals surface area contributed by atoms with E-state index >= 15 is 0 Å². The molecule has 0 aliphatic carbocycles. The van der Waals surface area contributed by atoms with E-state index in [1.165, 1.54) is 6.07 Å². The van der Waals surface area contributed by atoms with E-state index in [-0.39, 0.29) is 5.82 Å². The van der Waals surface area contributed by atoms with Crippen LogP contribution in [0.4, 0.5) is 9.52 Å². The molecule has 2 aromatic rings. The van der Waals surface area contributed by atoms with Gasteiger partial charge in [-0.3, -0.25) is 0 Å². The highest BCUT2D eigenvalue weighted by Gasteiger charge is 2.13. The normalized spacial score (nSPS) is 10.7. The van der Waals surface area contributed by atoms with Gasteiger partial charge in [-0.25, -0.2) is 9.37 Å². The highest BCUT2D eigenvalue weighted by Crippen LogP contribution is 2.27. The largest absolute Gasteiger partial charge is 0.347 e. The third-order valence-corrected chi connectivity index (χ3v) is 4.21. The molecule has 0 bridgehead atoms. The second-order valence-electron chi connectivity index (χ2n) is 4.37. The highest BCUT2D eigenvalue weighted by atomic mass is 32.1. The Morgan fingerprint density at radius 1 is 1.37 bits per heavy atom. The summed E-state index contributed by atoms with van der Waals surface area (Å²) in [4.78, 5) is 7.64. The van der Waals surface area contributed by atoms with Gasteiger partial charge in [-0.05, 0) is 12.5 Å². The van der Waals surface area contributed by atoms with Crippen LogP contribution in [-0.2, 0) is 19.5 Å². The summed E-state index contributed by atoms with van der Waals surface area (Å²) in [7, 11) is 1.92. The fourth-order valence-corrected chi connectivity index (χ4v) is 2.91. The Bertz CT molecular complexity index is 532. The number of halogens is 1. The second-order valence-corrected chi connectivity index (χ2v) is 5.43. The second kappa shape index (κ2) is 6.12. The molecule has 0 unspecified atom stereocenters. The Hall–Kier alpha value is -1.46. The van der Waals surface area contributed by atoms with Gasteiger partial charge in [-0.1, -0.05) is 25.1 Å². The van der Waals surface area contributed by atoms with Crippen LogP contribution >= 0.6 is 11.3 Å². The van der Waals surface area contributed by atoms with Gasteiger partial charge in [0.2, 0.25) is 0 Å². The number of thiazole rings is 1. The van der Waals surface area contributed by atoms with Crippen LogP contribution in [0, 0.1) is 5.82 Å². The Balaban J connectivity index is 2.18. The summed E-state index contributed by atoms with van der Waals surface area (Å²) in [5.41, 5.74) is 7.43. The van der Waals surface area contributed by atoms with Crippen LogP contribution in [0.15, 0.2) is 24.3 Å². The molecule has 1 heterocycles. The quantitative estimate of drug-likeness (QED) is 0.915. The first kappa shape index (κ1) is 14.0. The lowest BCUT2D eigenvalue weighted by molar-refractivity contribution is 0.608. The average Bonchev–Trinajstić information content (AvgIpc) is 2.84. The molecule has 0 aliphatic heterocycles. The smallest absolute Gasteiger partial charge is 0.185 e. The van der Waals surface area contributed by atoms with Crippen molar-refractivity contribution in [1.29, 1.82) is 0 Å². The molecule has 0 saturated heterocycles. The van der Waals surface area contributed by atoms with E-state index in [4.69, 9.17) is 5.73 Å². The first-order valence-corrected chi connectivity index (χ1v) is 7.10. The van der Waals surface area contributed by atoms with Crippen molar-refractivity contribution in [1.82, 2.24) is 4.98 Å². The summed E-state index contributed by atoms with van der Waals surface area (Å²) >= 11 is 1.58. The van der Waals surface area contributed by atoms with Crippen molar-refractivity contribution in [3.8, 4) is 0 Å². The number of nitrogens with two attached hydrogens (primary N) is 1.